The van der Waals surface area contributed by atoms with E-state index in [4.69, 9.17) is 4.42 Å². The highest BCUT2D eigenvalue weighted by Crippen LogP contribution is 2.34. The molecule has 1 amide bonds. The maximum Gasteiger partial charge on any atom is 0.295 e. The lowest BCUT2D eigenvalue weighted by Crippen LogP contribution is -2.11. The highest BCUT2D eigenvalue weighted by molar-refractivity contribution is 7.92. The van der Waals surface area contributed by atoms with Gasteiger partial charge in [0, 0.05) is 12.6 Å². The van der Waals surface area contributed by atoms with Crippen LogP contribution in [0.15, 0.2) is 52.0 Å². The van der Waals surface area contributed by atoms with Crippen molar-refractivity contribution in [3.05, 3.63) is 48.2 Å². The van der Waals surface area contributed by atoms with E-state index < -0.39 is 10.0 Å². The molecule has 0 aliphatic heterocycles. The third-order valence-corrected chi connectivity index (χ3v) is 5.52. The number of rotatable bonds is 5. The molecule has 2 heterocycles. The SMILES string of the molecule is CC(=O)Nc1nc(C)c(-c2ccc(S(=O)(=O)Nc3ccccc3)o2)s1. The number of amides is 1. The molecule has 3 rings (SSSR count). The summed E-state index contributed by atoms with van der Waals surface area (Å²) < 4.78 is 32.8. The van der Waals surface area contributed by atoms with Crippen molar-refractivity contribution in [3.63, 3.8) is 0 Å². The second-order valence-electron chi connectivity index (χ2n) is 5.20. The molecule has 2 aromatic heterocycles. The van der Waals surface area contributed by atoms with Gasteiger partial charge in [-0.3, -0.25) is 9.52 Å². The second-order valence-corrected chi connectivity index (χ2v) is 7.82. The van der Waals surface area contributed by atoms with Crippen LogP contribution < -0.4 is 10.0 Å². The lowest BCUT2D eigenvalue weighted by Gasteiger charge is -2.04. The Morgan fingerprint density at radius 1 is 1.16 bits per heavy atom. The van der Waals surface area contributed by atoms with E-state index in [2.05, 4.69) is 15.0 Å². The molecule has 0 bridgehead atoms. The standard InChI is InChI=1S/C16H15N3O4S2/c1-10-15(24-16(17-10)18-11(2)20)13-8-9-14(23-13)25(21,22)19-12-6-4-3-5-7-12/h3-9,19H,1-2H3,(H,17,18,20). The maximum absolute atomic E-state index is 12.4. The zero-order valence-corrected chi connectivity index (χ0v) is 15.1. The molecule has 0 fully saturated rings. The van der Waals surface area contributed by atoms with Gasteiger partial charge in [0.15, 0.2) is 5.13 Å². The van der Waals surface area contributed by atoms with Crippen molar-refractivity contribution in [3.8, 4) is 10.6 Å². The number of carbonyl (C=O) groups is 1. The summed E-state index contributed by atoms with van der Waals surface area (Å²) in [5.41, 5.74) is 1.09. The van der Waals surface area contributed by atoms with Crippen LogP contribution in [0, 0.1) is 6.92 Å². The van der Waals surface area contributed by atoms with Gasteiger partial charge in [-0.15, -0.1) is 0 Å². The Morgan fingerprint density at radius 3 is 2.56 bits per heavy atom. The topological polar surface area (TPSA) is 101 Å². The first kappa shape index (κ1) is 17.2. The van der Waals surface area contributed by atoms with Gasteiger partial charge in [-0.2, -0.15) is 8.42 Å². The van der Waals surface area contributed by atoms with Crippen LogP contribution >= 0.6 is 11.3 Å². The van der Waals surface area contributed by atoms with E-state index in [1.807, 2.05) is 0 Å². The molecule has 0 radical (unpaired) electrons. The van der Waals surface area contributed by atoms with Crippen molar-refractivity contribution in [2.24, 2.45) is 0 Å². The van der Waals surface area contributed by atoms with Crippen LogP contribution in [-0.2, 0) is 14.8 Å². The summed E-state index contributed by atoms with van der Waals surface area (Å²) >= 11 is 1.22. The molecule has 0 saturated heterocycles. The highest BCUT2D eigenvalue weighted by Gasteiger charge is 2.21. The Morgan fingerprint density at radius 2 is 1.88 bits per heavy atom. The lowest BCUT2D eigenvalue weighted by atomic mass is 10.3. The molecular formula is C16H15N3O4S2. The van der Waals surface area contributed by atoms with Gasteiger partial charge in [-0.25, -0.2) is 4.98 Å². The maximum atomic E-state index is 12.4. The molecule has 0 atom stereocenters. The van der Waals surface area contributed by atoms with Gasteiger partial charge in [0.25, 0.3) is 10.0 Å². The fraction of sp³-hybridized carbons (Fsp3) is 0.125. The summed E-state index contributed by atoms with van der Waals surface area (Å²) in [7, 11) is -3.83. The zero-order valence-electron chi connectivity index (χ0n) is 13.4. The van der Waals surface area contributed by atoms with E-state index in [9.17, 15) is 13.2 Å². The summed E-state index contributed by atoms with van der Waals surface area (Å²) in [4.78, 5) is 16.0. The predicted octanol–water partition coefficient (Wildman–Crippen LogP) is 3.47. The molecule has 0 aliphatic carbocycles. The van der Waals surface area contributed by atoms with Crippen molar-refractivity contribution in [2.45, 2.75) is 18.9 Å². The smallest absolute Gasteiger partial charge is 0.295 e. The van der Waals surface area contributed by atoms with Crippen molar-refractivity contribution < 1.29 is 17.6 Å². The Labute approximate surface area is 148 Å². The fourth-order valence-electron chi connectivity index (χ4n) is 2.13. The average molecular weight is 377 g/mol. The van der Waals surface area contributed by atoms with Crippen LogP contribution in [0.4, 0.5) is 10.8 Å². The first-order valence-electron chi connectivity index (χ1n) is 7.28. The van der Waals surface area contributed by atoms with Crippen LogP contribution in [0.3, 0.4) is 0 Å². The first-order chi connectivity index (χ1) is 11.8. The highest BCUT2D eigenvalue weighted by atomic mass is 32.2. The summed E-state index contributed by atoms with van der Waals surface area (Å²) in [6, 6.07) is 11.5. The van der Waals surface area contributed by atoms with Crippen molar-refractivity contribution in [1.29, 1.82) is 0 Å². The molecule has 7 nitrogen and oxygen atoms in total. The van der Waals surface area contributed by atoms with Crippen LogP contribution in [0.5, 0.6) is 0 Å². The number of nitrogens with one attached hydrogen (secondary N) is 2. The molecule has 3 aromatic rings. The largest absolute Gasteiger partial charge is 0.442 e. The van der Waals surface area contributed by atoms with E-state index in [-0.39, 0.29) is 11.0 Å². The number of aryl methyl sites for hydroxylation is 1. The minimum absolute atomic E-state index is 0.194. The number of aromatic nitrogens is 1. The summed E-state index contributed by atoms with van der Waals surface area (Å²) in [5.74, 6) is 0.148. The van der Waals surface area contributed by atoms with Gasteiger partial charge in [0.2, 0.25) is 11.0 Å². The molecule has 0 aliphatic rings. The molecular weight excluding hydrogens is 362 g/mol. The minimum atomic E-state index is -3.83. The van der Waals surface area contributed by atoms with Crippen LogP contribution in [0.2, 0.25) is 0 Å². The van der Waals surface area contributed by atoms with Gasteiger partial charge < -0.3 is 9.73 Å². The van der Waals surface area contributed by atoms with Crippen molar-refractivity contribution in [2.75, 3.05) is 10.0 Å². The lowest BCUT2D eigenvalue weighted by molar-refractivity contribution is -0.114. The van der Waals surface area contributed by atoms with Gasteiger partial charge in [-0.1, -0.05) is 29.5 Å². The molecule has 1 aromatic carbocycles. The monoisotopic (exact) mass is 377 g/mol. The van der Waals surface area contributed by atoms with Crippen LogP contribution in [-0.4, -0.2) is 19.3 Å². The van der Waals surface area contributed by atoms with Gasteiger partial charge in [-0.05, 0) is 31.2 Å². The molecule has 9 heteroatoms. The predicted molar refractivity (Wildman–Crippen MR) is 96.1 cm³/mol. The Hall–Kier alpha value is -2.65. The Balaban J connectivity index is 1.87. The number of carbonyl (C=O) groups excluding carboxylic acids is 1. The number of thiazole rings is 1. The van der Waals surface area contributed by atoms with Gasteiger partial charge in [0.1, 0.15) is 5.76 Å². The number of para-hydroxylation sites is 1. The molecule has 0 unspecified atom stereocenters. The number of nitrogens with zero attached hydrogens (tertiary/aromatic N) is 1. The van der Waals surface area contributed by atoms with E-state index in [1.165, 1.54) is 24.3 Å². The number of furan rings is 1. The molecule has 25 heavy (non-hydrogen) atoms. The second kappa shape index (κ2) is 6.69. The number of hydrogen-bond donors (Lipinski definition) is 2. The van der Waals surface area contributed by atoms with Crippen molar-refractivity contribution in [1.82, 2.24) is 4.98 Å². The molecule has 0 saturated carbocycles. The first-order valence-corrected chi connectivity index (χ1v) is 9.58. The third kappa shape index (κ3) is 3.89. The summed E-state index contributed by atoms with van der Waals surface area (Å²) in [6.45, 7) is 3.15. The molecule has 130 valence electrons. The van der Waals surface area contributed by atoms with Gasteiger partial charge >= 0.3 is 0 Å². The number of benzene rings is 1. The van der Waals surface area contributed by atoms with E-state index in [0.29, 0.717) is 27.2 Å². The zero-order chi connectivity index (χ0) is 18.0. The van der Waals surface area contributed by atoms with Crippen LogP contribution in [0.25, 0.3) is 10.6 Å². The van der Waals surface area contributed by atoms with Gasteiger partial charge in [0.05, 0.1) is 10.6 Å². The van der Waals surface area contributed by atoms with E-state index in [0.717, 1.165) is 0 Å². The fourth-order valence-corrected chi connectivity index (χ4v) is 4.10. The summed E-state index contributed by atoms with van der Waals surface area (Å²) in [6.07, 6.45) is 0. The number of anilines is 2. The normalized spacial score (nSPS) is 11.3. The third-order valence-electron chi connectivity index (χ3n) is 3.18. The van der Waals surface area contributed by atoms with Crippen LogP contribution in [0.1, 0.15) is 12.6 Å². The molecule has 2 N–H and O–H groups in total. The number of sulfonamides is 1. The number of hydrogen-bond acceptors (Lipinski definition) is 6. The quantitative estimate of drug-likeness (QED) is 0.709. The average Bonchev–Trinajstić information content (AvgIpc) is 3.14. The summed E-state index contributed by atoms with van der Waals surface area (Å²) in [5, 5.41) is 2.84. The Bertz CT molecular complexity index is 1010. The van der Waals surface area contributed by atoms with E-state index >= 15 is 0 Å². The van der Waals surface area contributed by atoms with E-state index in [1.54, 1.807) is 43.3 Å². The molecule has 0 spiro atoms. The minimum Gasteiger partial charge on any atom is -0.442 e. The Kier molecular flexibility index (Phi) is 4.60. The van der Waals surface area contributed by atoms with Crippen molar-refractivity contribution >= 4 is 38.1 Å².